The Morgan fingerprint density at radius 2 is 2.12 bits per heavy atom. The van der Waals surface area contributed by atoms with Crippen LogP contribution in [0.4, 0.5) is 0 Å². The molecule has 2 atom stereocenters. The minimum atomic E-state index is -0.773. The fraction of sp³-hybridized carbons (Fsp3) is 0.636. The Morgan fingerprint density at radius 1 is 1.36 bits per heavy atom. The van der Waals surface area contributed by atoms with Gasteiger partial charge in [0.05, 0.1) is 12.9 Å². The van der Waals surface area contributed by atoms with E-state index in [1.54, 1.807) is 12.3 Å². The lowest BCUT2D eigenvalue weighted by molar-refractivity contribution is 0.0352. The lowest BCUT2D eigenvalue weighted by Gasteiger charge is -2.34. The molecule has 0 radical (unpaired) electrons. The normalized spacial score (nSPS) is 27.8. The second-order valence-corrected chi connectivity index (χ2v) is 7.95. The van der Waals surface area contributed by atoms with Crippen LogP contribution in [0.5, 0.6) is 0 Å². The molecule has 1 N–H and O–H groups in total. The van der Waals surface area contributed by atoms with E-state index in [4.69, 9.17) is 9.47 Å². The summed E-state index contributed by atoms with van der Waals surface area (Å²) in [6.45, 7) is 11.7. The van der Waals surface area contributed by atoms with Crippen molar-refractivity contribution < 1.29 is 14.6 Å². The molecule has 0 aromatic carbocycles. The molecule has 0 unspecified atom stereocenters. The molecule has 0 bridgehead atoms. The largest absolute Gasteiger partial charge is 0.499 e. The second kappa shape index (κ2) is 8.25. The van der Waals surface area contributed by atoms with E-state index in [1.807, 2.05) is 13.8 Å². The van der Waals surface area contributed by atoms with E-state index in [-0.39, 0.29) is 5.41 Å². The summed E-state index contributed by atoms with van der Waals surface area (Å²) in [5.41, 5.74) is 3.46. The second-order valence-electron chi connectivity index (χ2n) is 7.95. The van der Waals surface area contributed by atoms with Crippen molar-refractivity contribution in [1.29, 1.82) is 0 Å². The Hall–Kier alpha value is -1.50. The summed E-state index contributed by atoms with van der Waals surface area (Å²) in [5.74, 6) is 5.97. The standard InChI is InChI=1S/C22H32O3/c1-17-7-6-11-21(3,4)19(17)9-8-18(2)20(23)10-12-22(5)13-14-24-15-16-25-22/h8,13-14,20,23H,6-7,9,11,15-16H2,1-5H3/b18-8+/t20-,22-/m0/s1. The molecular formula is C22H32O3. The lowest BCUT2D eigenvalue weighted by atomic mass is 9.71. The Kier molecular flexibility index (Phi) is 6.54. The first-order valence-electron chi connectivity index (χ1n) is 9.23. The van der Waals surface area contributed by atoms with Crippen molar-refractivity contribution in [3.8, 4) is 11.8 Å². The number of aliphatic hydroxyl groups excluding tert-OH is 1. The highest BCUT2D eigenvalue weighted by atomic mass is 16.5. The third-order valence-electron chi connectivity index (χ3n) is 5.29. The first-order chi connectivity index (χ1) is 11.7. The van der Waals surface area contributed by atoms with E-state index in [1.165, 1.54) is 30.4 Å². The maximum atomic E-state index is 10.4. The molecule has 0 amide bonds. The van der Waals surface area contributed by atoms with Crippen molar-refractivity contribution in [3.63, 3.8) is 0 Å². The monoisotopic (exact) mass is 344 g/mol. The van der Waals surface area contributed by atoms with Crippen LogP contribution in [0, 0.1) is 17.3 Å². The number of allylic oxidation sites excluding steroid dienone is 3. The fourth-order valence-electron chi connectivity index (χ4n) is 3.50. The molecule has 2 aliphatic rings. The third kappa shape index (κ3) is 5.49. The zero-order valence-electron chi connectivity index (χ0n) is 16.3. The number of hydrogen-bond donors (Lipinski definition) is 1. The molecule has 1 heterocycles. The third-order valence-corrected chi connectivity index (χ3v) is 5.29. The molecule has 0 saturated carbocycles. The zero-order valence-corrected chi connectivity index (χ0v) is 16.3. The van der Waals surface area contributed by atoms with Gasteiger partial charge in [-0.15, -0.1) is 0 Å². The molecule has 1 aliphatic heterocycles. The van der Waals surface area contributed by atoms with Gasteiger partial charge < -0.3 is 14.6 Å². The van der Waals surface area contributed by atoms with E-state index in [0.717, 1.165) is 12.0 Å². The maximum absolute atomic E-state index is 10.4. The Labute approximate surface area is 152 Å². The number of rotatable bonds is 3. The minimum absolute atomic E-state index is 0.252. The topological polar surface area (TPSA) is 38.7 Å². The molecule has 3 nitrogen and oxygen atoms in total. The van der Waals surface area contributed by atoms with Gasteiger partial charge in [0.15, 0.2) is 0 Å². The van der Waals surface area contributed by atoms with Crippen molar-refractivity contribution in [1.82, 2.24) is 0 Å². The van der Waals surface area contributed by atoms with Gasteiger partial charge in [-0.1, -0.05) is 42.9 Å². The van der Waals surface area contributed by atoms with E-state index >= 15 is 0 Å². The minimum Gasteiger partial charge on any atom is -0.499 e. The highest BCUT2D eigenvalue weighted by Crippen LogP contribution is 2.42. The summed E-state index contributed by atoms with van der Waals surface area (Å²) in [6, 6.07) is 0. The van der Waals surface area contributed by atoms with Gasteiger partial charge in [-0.3, -0.25) is 0 Å². The molecule has 25 heavy (non-hydrogen) atoms. The van der Waals surface area contributed by atoms with Gasteiger partial charge in [-0.05, 0) is 63.5 Å². The van der Waals surface area contributed by atoms with Gasteiger partial charge in [-0.2, -0.15) is 0 Å². The van der Waals surface area contributed by atoms with Gasteiger partial charge in [0.25, 0.3) is 0 Å². The molecular weight excluding hydrogens is 312 g/mol. The Balaban J connectivity index is 2.06. The summed E-state index contributed by atoms with van der Waals surface area (Å²) in [4.78, 5) is 0. The fourth-order valence-corrected chi connectivity index (χ4v) is 3.50. The Morgan fingerprint density at radius 3 is 2.84 bits per heavy atom. The van der Waals surface area contributed by atoms with Crippen molar-refractivity contribution in [3.05, 3.63) is 35.1 Å². The quantitative estimate of drug-likeness (QED) is 0.604. The molecule has 0 aromatic rings. The van der Waals surface area contributed by atoms with Crippen molar-refractivity contribution >= 4 is 0 Å². The van der Waals surface area contributed by atoms with Crippen LogP contribution in [-0.2, 0) is 9.47 Å². The average molecular weight is 344 g/mol. The van der Waals surface area contributed by atoms with Crippen molar-refractivity contribution in [2.45, 2.75) is 72.0 Å². The molecule has 3 heteroatoms. The van der Waals surface area contributed by atoms with Gasteiger partial charge in [0.2, 0.25) is 0 Å². The van der Waals surface area contributed by atoms with E-state index in [2.05, 4.69) is 38.7 Å². The SMILES string of the molecule is CC1=C(C/C=C(\C)[C@@H](O)C#C[C@@]2(C)C=COCCO2)C(C)(C)CCC1. The van der Waals surface area contributed by atoms with Crippen LogP contribution in [-0.4, -0.2) is 30.0 Å². The number of aliphatic hydroxyl groups is 1. The smallest absolute Gasteiger partial charge is 0.147 e. The van der Waals surface area contributed by atoms with Crippen LogP contribution in [0.1, 0.15) is 60.3 Å². The summed E-state index contributed by atoms with van der Waals surface area (Å²) >= 11 is 0. The maximum Gasteiger partial charge on any atom is 0.147 e. The molecule has 2 rings (SSSR count). The van der Waals surface area contributed by atoms with Crippen LogP contribution < -0.4 is 0 Å². The summed E-state index contributed by atoms with van der Waals surface area (Å²) in [6.07, 6.45) is 9.36. The predicted molar refractivity (Wildman–Crippen MR) is 102 cm³/mol. The number of hydrogen-bond acceptors (Lipinski definition) is 3. The predicted octanol–water partition coefficient (Wildman–Crippen LogP) is 4.53. The lowest BCUT2D eigenvalue weighted by Crippen LogP contribution is -2.24. The van der Waals surface area contributed by atoms with Gasteiger partial charge in [-0.25, -0.2) is 0 Å². The first-order valence-corrected chi connectivity index (χ1v) is 9.23. The van der Waals surface area contributed by atoms with Crippen molar-refractivity contribution in [2.24, 2.45) is 5.41 Å². The van der Waals surface area contributed by atoms with Gasteiger partial charge >= 0.3 is 0 Å². The van der Waals surface area contributed by atoms with Gasteiger partial charge in [0.1, 0.15) is 18.3 Å². The summed E-state index contributed by atoms with van der Waals surface area (Å²) in [7, 11) is 0. The van der Waals surface area contributed by atoms with E-state index in [9.17, 15) is 5.11 Å². The molecule has 138 valence electrons. The summed E-state index contributed by atoms with van der Waals surface area (Å²) < 4.78 is 10.9. The highest BCUT2D eigenvalue weighted by Gasteiger charge is 2.27. The Bertz CT molecular complexity index is 627. The average Bonchev–Trinajstić information content (AvgIpc) is 2.76. The molecule has 0 aromatic heterocycles. The molecule has 1 aliphatic carbocycles. The highest BCUT2D eigenvalue weighted by molar-refractivity contribution is 5.30. The van der Waals surface area contributed by atoms with Crippen LogP contribution in [0.15, 0.2) is 35.1 Å². The van der Waals surface area contributed by atoms with Crippen molar-refractivity contribution in [2.75, 3.05) is 13.2 Å². The van der Waals surface area contributed by atoms with Crippen LogP contribution in [0.3, 0.4) is 0 Å². The molecule has 0 fully saturated rings. The molecule has 0 spiro atoms. The summed E-state index contributed by atoms with van der Waals surface area (Å²) in [5, 5.41) is 10.4. The zero-order chi connectivity index (χ0) is 18.5. The van der Waals surface area contributed by atoms with Crippen LogP contribution >= 0.6 is 0 Å². The van der Waals surface area contributed by atoms with E-state index in [0.29, 0.717) is 13.2 Å². The van der Waals surface area contributed by atoms with E-state index < -0.39 is 11.7 Å². The first kappa shape index (κ1) is 19.8. The van der Waals surface area contributed by atoms with Crippen LogP contribution in [0.25, 0.3) is 0 Å². The van der Waals surface area contributed by atoms with Gasteiger partial charge in [0, 0.05) is 0 Å². The van der Waals surface area contributed by atoms with Crippen LogP contribution in [0.2, 0.25) is 0 Å². The number of ether oxygens (including phenoxy) is 2. The molecule has 0 saturated heterocycles.